The molecule has 1 aromatic carbocycles. The minimum atomic E-state index is -0.679. The van der Waals surface area contributed by atoms with Crippen LogP contribution in [0, 0.1) is 0 Å². The van der Waals surface area contributed by atoms with E-state index in [1.807, 2.05) is 12.1 Å². The summed E-state index contributed by atoms with van der Waals surface area (Å²) in [5.41, 5.74) is 1.15. The van der Waals surface area contributed by atoms with E-state index in [1.165, 1.54) is 5.56 Å². The third kappa shape index (κ3) is 5.58. The first-order valence-corrected chi connectivity index (χ1v) is 7.24. The van der Waals surface area contributed by atoms with Crippen molar-refractivity contribution in [3.8, 4) is 0 Å². The average Bonchev–Trinajstić information content (AvgIpc) is 2.36. The number of esters is 1. The Kier molecular flexibility index (Phi) is 5.53. The molecule has 116 valence electrons. The lowest BCUT2D eigenvalue weighted by molar-refractivity contribution is -0.156. The normalized spacial score (nSPS) is 12.9. The molecule has 1 rings (SSSR count). The number of nitrogens with one attached hydrogen (secondary N) is 1. The number of hydrogen-bond acceptors (Lipinski definition) is 3. The third-order valence-electron chi connectivity index (χ3n) is 2.95. The fraction of sp³-hybridized carbons (Fsp3) is 0.529. The summed E-state index contributed by atoms with van der Waals surface area (Å²) in [6.07, 6.45) is 0. The zero-order chi connectivity index (χ0) is 16.2. The minimum Gasteiger partial charge on any atom is -0.458 e. The topological polar surface area (TPSA) is 55.4 Å². The summed E-state index contributed by atoms with van der Waals surface area (Å²) < 4.78 is 5.23. The highest BCUT2D eigenvalue weighted by molar-refractivity contribution is 5.96. The Labute approximate surface area is 126 Å². The third-order valence-corrected chi connectivity index (χ3v) is 2.95. The molecule has 0 aliphatic carbocycles. The summed E-state index contributed by atoms with van der Waals surface area (Å²) in [6, 6.07) is 6.72. The van der Waals surface area contributed by atoms with Crippen molar-refractivity contribution in [2.45, 2.75) is 59.1 Å². The highest BCUT2D eigenvalue weighted by Crippen LogP contribution is 2.15. The Hall–Kier alpha value is -1.84. The molecule has 0 spiro atoms. The van der Waals surface area contributed by atoms with Crippen LogP contribution in [0.15, 0.2) is 24.3 Å². The number of hydrogen-bond donors (Lipinski definition) is 1. The van der Waals surface area contributed by atoms with E-state index in [1.54, 1.807) is 39.8 Å². The van der Waals surface area contributed by atoms with E-state index in [-0.39, 0.29) is 5.91 Å². The number of amides is 1. The Bertz CT molecular complexity index is 498. The Morgan fingerprint density at radius 2 is 1.57 bits per heavy atom. The molecule has 1 amide bonds. The lowest BCUT2D eigenvalue weighted by Gasteiger charge is -2.22. The Morgan fingerprint density at radius 3 is 2.00 bits per heavy atom. The quantitative estimate of drug-likeness (QED) is 0.866. The molecule has 0 saturated heterocycles. The van der Waals surface area contributed by atoms with Gasteiger partial charge >= 0.3 is 5.97 Å². The minimum absolute atomic E-state index is 0.274. The maximum Gasteiger partial charge on any atom is 0.328 e. The molecule has 4 nitrogen and oxygen atoms in total. The molecule has 4 heteroatoms. The number of benzene rings is 1. The molecule has 0 aliphatic rings. The molecule has 0 unspecified atom stereocenters. The molecule has 0 aliphatic heterocycles. The fourth-order valence-corrected chi connectivity index (χ4v) is 1.75. The van der Waals surface area contributed by atoms with E-state index in [2.05, 4.69) is 19.2 Å². The summed E-state index contributed by atoms with van der Waals surface area (Å²) in [5.74, 6) is -0.291. The van der Waals surface area contributed by atoms with Crippen LogP contribution < -0.4 is 5.32 Å². The van der Waals surface area contributed by atoms with Gasteiger partial charge in [0, 0.05) is 5.56 Å². The monoisotopic (exact) mass is 291 g/mol. The van der Waals surface area contributed by atoms with Crippen molar-refractivity contribution in [3.05, 3.63) is 35.4 Å². The van der Waals surface area contributed by atoms with Gasteiger partial charge in [-0.15, -0.1) is 0 Å². The van der Waals surface area contributed by atoms with Crippen molar-refractivity contribution in [3.63, 3.8) is 0 Å². The van der Waals surface area contributed by atoms with Gasteiger partial charge in [0.15, 0.2) is 0 Å². The van der Waals surface area contributed by atoms with Gasteiger partial charge in [-0.25, -0.2) is 4.79 Å². The van der Waals surface area contributed by atoms with Gasteiger partial charge in [-0.1, -0.05) is 26.0 Å². The van der Waals surface area contributed by atoms with E-state index >= 15 is 0 Å². The molecular formula is C17H25NO3. The Balaban J connectivity index is 2.66. The van der Waals surface area contributed by atoms with Crippen molar-refractivity contribution in [1.82, 2.24) is 5.32 Å². The highest BCUT2D eigenvalue weighted by atomic mass is 16.6. The summed E-state index contributed by atoms with van der Waals surface area (Å²) in [5, 5.41) is 2.65. The van der Waals surface area contributed by atoms with Crippen molar-refractivity contribution < 1.29 is 14.3 Å². The van der Waals surface area contributed by atoms with E-state index in [4.69, 9.17) is 4.74 Å². The number of carbonyl (C=O) groups excluding carboxylic acids is 2. The average molecular weight is 291 g/mol. The van der Waals surface area contributed by atoms with Gasteiger partial charge in [0.25, 0.3) is 5.91 Å². The summed E-state index contributed by atoms with van der Waals surface area (Å²) in [4.78, 5) is 23.9. The summed E-state index contributed by atoms with van der Waals surface area (Å²) in [7, 11) is 0. The largest absolute Gasteiger partial charge is 0.458 e. The fourth-order valence-electron chi connectivity index (χ4n) is 1.75. The highest BCUT2D eigenvalue weighted by Gasteiger charge is 2.23. The second-order valence-corrected chi connectivity index (χ2v) is 6.51. The lowest BCUT2D eigenvalue weighted by Crippen LogP contribution is -2.42. The first-order valence-electron chi connectivity index (χ1n) is 7.24. The van der Waals surface area contributed by atoms with Gasteiger partial charge in [-0.05, 0) is 51.3 Å². The zero-order valence-corrected chi connectivity index (χ0v) is 13.7. The van der Waals surface area contributed by atoms with Crippen LogP contribution >= 0.6 is 0 Å². The van der Waals surface area contributed by atoms with Crippen LogP contribution in [0.3, 0.4) is 0 Å². The molecule has 0 saturated carbocycles. The van der Waals surface area contributed by atoms with Gasteiger partial charge < -0.3 is 10.1 Å². The lowest BCUT2D eigenvalue weighted by atomic mass is 10.0. The smallest absolute Gasteiger partial charge is 0.328 e. The van der Waals surface area contributed by atoms with Crippen LogP contribution in [-0.4, -0.2) is 23.5 Å². The second kappa shape index (κ2) is 6.74. The molecule has 21 heavy (non-hydrogen) atoms. The van der Waals surface area contributed by atoms with E-state index in [0.717, 1.165) is 0 Å². The van der Waals surface area contributed by atoms with Crippen molar-refractivity contribution in [2.24, 2.45) is 0 Å². The van der Waals surface area contributed by atoms with Gasteiger partial charge in [0.05, 0.1) is 0 Å². The van der Waals surface area contributed by atoms with Crippen LogP contribution in [-0.2, 0) is 9.53 Å². The van der Waals surface area contributed by atoms with E-state index < -0.39 is 17.6 Å². The number of rotatable bonds is 4. The van der Waals surface area contributed by atoms with Crippen molar-refractivity contribution in [2.75, 3.05) is 0 Å². The molecule has 1 aromatic rings. The molecule has 1 atom stereocenters. The zero-order valence-electron chi connectivity index (χ0n) is 13.7. The molecule has 1 N–H and O–H groups in total. The first kappa shape index (κ1) is 17.2. The van der Waals surface area contributed by atoms with Crippen LogP contribution in [0.5, 0.6) is 0 Å². The number of ether oxygens (including phenoxy) is 1. The Morgan fingerprint density at radius 1 is 1.05 bits per heavy atom. The maximum atomic E-state index is 12.1. The van der Waals surface area contributed by atoms with Crippen LogP contribution in [0.4, 0.5) is 0 Å². The predicted molar refractivity (Wildman–Crippen MR) is 83.3 cm³/mol. The molecule has 0 bridgehead atoms. The van der Waals surface area contributed by atoms with E-state index in [9.17, 15) is 9.59 Å². The SMILES string of the molecule is CC(C)c1ccc(C(=O)N[C@@H](C)C(=O)OC(C)(C)C)cc1. The number of carbonyl (C=O) groups is 2. The van der Waals surface area contributed by atoms with Crippen LogP contribution in [0.2, 0.25) is 0 Å². The van der Waals surface area contributed by atoms with Crippen molar-refractivity contribution >= 4 is 11.9 Å². The predicted octanol–water partition coefficient (Wildman–Crippen LogP) is 3.27. The van der Waals surface area contributed by atoms with Crippen LogP contribution in [0.1, 0.15) is 63.4 Å². The van der Waals surface area contributed by atoms with Gasteiger partial charge in [0.1, 0.15) is 11.6 Å². The standard InChI is InChI=1S/C17H25NO3/c1-11(2)13-7-9-14(10-8-13)15(19)18-12(3)16(20)21-17(4,5)6/h7-12H,1-6H3,(H,18,19)/t12-/m0/s1. The molecule has 0 heterocycles. The molecule has 0 aromatic heterocycles. The molecule has 0 fully saturated rings. The van der Waals surface area contributed by atoms with Crippen LogP contribution in [0.25, 0.3) is 0 Å². The molecular weight excluding hydrogens is 266 g/mol. The summed E-state index contributed by atoms with van der Waals surface area (Å²) in [6.45, 7) is 11.2. The van der Waals surface area contributed by atoms with Gasteiger partial charge in [-0.3, -0.25) is 4.79 Å². The van der Waals surface area contributed by atoms with Gasteiger partial charge in [0.2, 0.25) is 0 Å². The van der Waals surface area contributed by atoms with Gasteiger partial charge in [-0.2, -0.15) is 0 Å². The summed E-state index contributed by atoms with van der Waals surface area (Å²) >= 11 is 0. The first-order chi connectivity index (χ1) is 9.60. The maximum absolute atomic E-state index is 12.1. The van der Waals surface area contributed by atoms with E-state index in [0.29, 0.717) is 11.5 Å². The second-order valence-electron chi connectivity index (χ2n) is 6.51. The van der Waals surface area contributed by atoms with Crippen molar-refractivity contribution in [1.29, 1.82) is 0 Å². The molecule has 0 radical (unpaired) electrons.